The Morgan fingerprint density at radius 1 is 1.50 bits per heavy atom. The van der Waals surface area contributed by atoms with Crippen LogP contribution in [0.1, 0.15) is 12.5 Å². The molecule has 1 unspecified atom stereocenters. The molecule has 16 heavy (non-hydrogen) atoms. The minimum Gasteiger partial charge on any atom is -0.370 e. The molecule has 90 valence electrons. The van der Waals surface area contributed by atoms with Gasteiger partial charge in [0.15, 0.2) is 0 Å². The minimum absolute atomic E-state index is 0.191. The molecule has 1 aromatic rings. The first-order valence-corrected chi connectivity index (χ1v) is 4.90. The number of alkyl halides is 3. The van der Waals surface area contributed by atoms with Gasteiger partial charge in [-0.05, 0) is 24.6 Å². The largest absolute Gasteiger partial charge is 0.416 e. The molecule has 0 amide bonds. The average molecular weight is 233 g/mol. The van der Waals surface area contributed by atoms with E-state index in [2.05, 4.69) is 10.3 Å². The highest BCUT2D eigenvalue weighted by molar-refractivity contribution is 5.38. The van der Waals surface area contributed by atoms with Crippen LogP contribution in [-0.2, 0) is 6.18 Å². The molecule has 0 radical (unpaired) electrons. The van der Waals surface area contributed by atoms with Crippen molar-refractivity contribution in [3.05, 3.63) is 23.9 Å². The number of hydrogen-bond donors (Lipinski definition) is 2. The van der Waals surface area contributed by atoms with Crippen LogP contribution < -0.4 is 11.1 Å². The van der Waals surface area contributed by atoms with Gasteiger partial charge in [0, 0.05) is 12.7 Å². The molecule has 0 spiro atoms. The maximum atomic E-state index is 12.4. The Kier molecular flexibility index (Phi) is 4.12. The van der Waals surface area contributed by atoms with E-state index in [1.807, 2.05) is 6.92 Å². The Balaban J connectivity index is 2.68. The Bertz CT molecular complexity index is 338. The molecular weight excluding hydrogens is 219 g/mol. The lowest BCUT2D eigenvalue weighted by Gasteiger charge is -2.12. The van der Waals surface area contributed by atoms with Gasteiger partial charge in [-0.25, -0.2) is 4.98 Å². The quantitative estimate of drug-likeness (QED) is 0.837. The molecular formula is C10H14F3N3. The molecule has 1 heterocycles. The summed E-state index contributed by atoms with van der Waals surface area (Å²) in [5.74, 6) is 0.409. The van der Waals surface area contributed by atoms with Crippen molar-refractivity contribution < 1.29 is 13.2 Å². The Labute approximate surface area is 91.9 Å². The number of aromatic nitrogens is 1. The van der Waals surface area contributed by atoms with Crippen molar-refractivity contribution in [2.24, 2.45) is 11.7 Å². The first kappa shape index (κ1) is 12.8. The molecule has 0 aromatic carbocycles. The van der Waals surface area contributed by atoms with E-state index in [0.29, 0.717) is 13.1 Å². The average Bonchev–Trinajstić information content (AvgIpc) is 2.25. The van der Waals surface area contributed by atoms with Gasteiger partial charge in [-0.3, -0.25) is 0 Å². The highest BCUT2D eigenvalue weighted by atomic mass is 19.4. The van der Waals surface area contributed by atoms with Gasteiger partial charge in [-0.15, -0.1) is 0 Å². The van der Waals surface area contributed by atoms with Crippen molar-refractivity contribution in [1.29, 1.82) is 0 Å². The number of halogens is 3. The maximum absolute atomic E-state index is 12.4. The molecule has 6 heteroatoms. The molecule has 0 bridgehead atoms. The fourth-order valence-corrected chi connectivity index (χ4v) is 1.07. The lowest BCUT2D eigenvalue weighted by molar-refractivity contribution is -0.137. The van der Waals surface area contributed by atoms with Crippen LogP contribution in [0.15, 0.2) is 18.3 Å². The highest BCUT2D eigenvalue weighted by Crippen LogP contribution is 2.29. The van der Waals surface area contributed by atoms with E-state index in [-0.39, 0.29) is 11.7 Å². The van der Waals surface area contributed by atoms with Gasteiger partial charge in [0.25, 0.3) is 0 Å². The van der Waals surface area contributed by atoms with Crippen molar-refractivity contribution in [3.63, 3.8) is 0 Å². The first-order chi connectivity index (χ1) is 7.43. The number of pyridine rings is 1. The summed E-state index contributed by atoms with van der Waals surface area (Å²) in [5.41, 5.74) is 4.69. The van der Waals surface area contributed by atoms with Gasteiger partial charge in [0.2, 0.25) is 0 Å². The topological polar surface area (TPSA) is 50.9 Å². The Morgan fingerprint density at radius 3 is 2.75 bits per heavy atom. The monoisotopic (exact) mass is 233 g/mol. The molecule has 1 aromatic heterocycles. The molecule has 1 rings (SSSR count). The smallest absolute Gasteiger partial charge is 0.370 e. The fourth-order valence-electron chi connectivity index (χ4n) is 1.07. The summed E-state index contributed by atoms with van der Waals surface area (Å²) in [4.78, 5) is 3.81. The normalized spacial score (nSPS) is 13.6. The number of rotatable bonds is 4. The maximum Gasteiger partial charge on any atom is 0.416 e. The van der Waals surface area contributed by atoms with Crippen molar-refractivity contribution in [2.45, 2.75) is 13.1 Å². The van der Waals surface area contributed by atoms with Gasteiger partial charge < -0.3 is 11.1 Å². The van der Waals surface area contributed by atoms with E-state index in [4.69, 9.17) is 5.73 Å². The van der Waals surface area contributed by atoms with Gasteiger partial charge in [0.1, 0.15) is 5.82 Å². The van der Waals surface area contributed by atoms with Gasteiger partial charge in [0.05, 0.1) is 5.56 Å². The van der Waals surface area contributed by atoms with Crippen molar-refractivity contribution in [3.8, 4) is 0 Å². The van der Waals surface area contributed by atoms with Crippen LogP contribution in [0.3, 0.4) is 0 Å². The SMILES string of the molecule is CC(CN)CNc1cc(C(F)(F)F)ccn1. The van der Waals surface area contributed by atoms with Crippen LogP contribution in [0, 0.1) is 5.92 Å². The Morgan fingerprint density at radius 2 is 2.19 bits per heavy atom. The third-order valence-electron chi connectivity index (χ3n) is 2.12. The zero-order valence-electron chi connectivity index (χ0n) is 8.88. The number of hydrogen-bond acceptors (Lipinski definition) is 3. The molecule has 3 N–H and O–H groups in total. The predicted octanol–water partition coefficient (Wildman–Crippen LogP) is 2.11. The van der Waals surface area contributed by atoms with Crippen LogP contribution >= 0.6 is 0 Å². The third-order valence-corrected chi connectivity index (χ3v) is 2.12. The summed E-state index contributed by atoms with van der Waals surface area (Å²) in [6.07, 6.45) is -3.20. The minimum atomic E-state index is -4.33. The number of nitrogens with two attached hydrogens (primary N) is 1. The number of anilines is 1. The van der Waals surface area contributed by atoms with Gasteiger partial charge in [-0.1, -0.05) is 6.92 Å². The number of nitrogens with zero attached hydrogens (tertiary/aromatic N) is 1. The molecule has 0 aliphatic heterocycles. The lowest BCUT2D eigenvalue weighted by atomic mass is 10.2. The molecule has 0 aliphatic carbocycles. The second-order valence-electron chi connectivity index (χ2n) is 3.65. The summed E-state index contributed by atoms with van der Waals surface area (Å²) >= 11 is 0. The molecule has 3 nitrogen and oxygen atoms in total. The first-order valence-electron chi connectivity index (χ1n) is 4.90. The van der Waals surface area contributed by atoms with E-state index in [1.165, 1.54) is 0 Å². The van der Waals surface area contributed by atoms with E-state index in [0.717, 1.165) is 18.3 Å². The fraction of sp³-hybridized carbons (Fsp3) is 0.500. The van der Waals surface area contributed by atoms with Gasteiger partial charge in [-0.2, -0.15) is 13.2 Å². The van der Waals surface area contributed by atoms with E-state index < -0.39 is 11.7 Å². The van der Waals surface area contributed by atoms with E-state index >= 15 is 0 Å². The van der Waals surface area contributed by atoms with Crippen LogP contribution in [0.2, 0.25) is 0 Å². The second kappa shape index (κ2) is 5.16. The van der Waals surface area contributed by atoms with Crippen LogP contribution in [0.5, 0.6) is 0 Å². The van der Waals surface area contributed by atoms with Crippen molar-refractivity contribution in [2.75, 3.05) is 18.4 Å². The molecule has 0 saturated carbocycles. The predicted molar refractivity (Wildman–Crippen MR) is 55.9 cm³/mol. The lowest BCUT2D eigenvalue weighted by Crippen LogP contribution is -2.20. The molecule has 0 aliphatic rings. The van der Waals surface area contributed by atoms with Crippen molar-refractivity contribution >= 4 is 5.82 Å². The van der Waals surface area contributed by atoms with Crippen LogP contribution in [-0.4, -0.2) is 18.1 Å². The summed E-state index contributed by atoms with van der Waals surface area (Å²) in [6.45, 7) is 2.89. The second-order valence-corrected chi connectivity index (χ2v) is 3.65. The van der Waals surface area contributed by atoms with Crippen molar-refractivity contribution in [1.82, 2.24) is 4.98 Å². The Hall–Kier alpha value is -1.30. The molecule has 1 atom stereocenters. The summed E-state index contributed by atoms with van der Waals surface area (Å²) < 4.78 is 37.1. The molecule has 0 fully saturated rings. The third kappa shape index (κ3) is 3.69. The van der Waals surface area contributed by atoms with Crippen LogP contribution in [0.4, 0.5) is 19.0 Å². The van der Waals surface area contributed by atoms with E-state index in [9.17, 15) is 13.2 Å². The van der Waals surface area contributed by atoms with E-state index in [1.54, 1.807) is 0 Å². The summed E-state index contributed by atoms with van der Waals surface area (Å²) in [7, 11) is 0. The summed E-state index contributed by atoms with van der Waals surface area (Å²) in [6, 6.07) is 1.93. The highest BCUT2D eigenvalue weighted by Gasteiger charge is 2.30. The van der Waals surface area contributed by atoms with Gasteiger partial charge >= 0.3 is 6.18 Å². The number of nitrogens with one attached hydrogen (secondary N) is 1. The molecule has 0 saturated heterocycles. The summed E-state index contributed by atoms with van der Waals surface area (Å²) in [5, 5.41) is 2.82. The standard InChI is InChI=1S/C10H14F3N3/c1-7(5-14)6-16-9-4-8(2-3-15-9)10(11,12)13/h2-4,7H,5-6,14H2,1H3,(H,15,16). The van der Waals surface area contributed by atoms with Crippen LogP contribution in [0.25, 0.3) is 0 Å². The zero-order valence-corrected chi connectivity index (χ0v) is 8.88. The zero-order chi connectivity index (χ0) is 12.2.